The Balaban J connectivity index is 3.09. The number of nitrogens with zero attached hydrogens (tertiary/aromatic N) is 1. The third-order valence-electron chi connectivity index (χ3n) is 2.05. The molecule has 6 nitrogen and oxygen atoms in total. The van der Waals surface area contributed by atoms with Crippen molar-refractivity contribution in [2.75, 3.05) is 13.7 Å². The van der Waals surface area contributed by atoms with E-state index in [1.54, 1.807) is 0 Å². The molecule has 0 aromatic heterocycles. The van der Waals surface area contributed by atoms with Gasteiger partial charge in [-0.3, -0.25) is 14.9 Å². The SMILES string of the molecule is C=CCNC(=O)c1cc([N+](=O)[O-])ccc1OC. The number of ether oxygens (including phenoxy) is 1. The Bertz CT molecular complexity index is 457. The fourth-order valence-corrected chi connectivity index (χ4v) is 1.25. The number of rotatable bonds is 5. The van der Waals surface area contributed by atoms with Gasteiger partial charge in [-0.1, -0.05) is 6.08 Å². The van der Waals surface area contributed by atoms with Gasteiger partial charge in [0.1, 0.15) is 5.75 Å². The Morgan fingerprint density at radius 1 is 1.65 bits per heavy atom. The van der Waals surface area contributed by atoms with Crippen molar-refractivity contribution in [1.82, 2.24) is 5.32 Å². The third-order valence-corrected chi connectivity index (χ3v) is 2.05. The van der Waals surface area contributed by atoms with Gasteiger partial charge in [0.2, 0.25) is 0 Å². The average Bonchev–Trinajstić information content (AvgIpc) is 2.34. The Hall–Kier alpha value is -2.37. The van der Waals surface area contributed by atoms with E-state index in [4.69, 9.17) is 4.74 Å². The first-order chi connectivity index (χ1) is 8.10. The average molecular weight is 236 g/mol. The molecule has 0 aliphatic carbocycles. The number of hydrogen-bond acceptors (Lipinski definition) is 4. The van der Waals surface area contributed by atoms with Crippen molar-refractivity contribution in [1.29, 1.82) is 0 Å². The van der Waals surface area contributed by atoms with Crippen LogP contribution in [0, 0.1) is 10.1 Å². The molecule has 17 heavy (non-hydrogen) atoms. The van der Waals surface area contributed by atoms with Crippen molar-refractivity contribution in [2.24, 2.45) is 0 Å². The number of benzene rings is 1. The first-order valence-corrected chi connectivity index (χ1v) is 4.81. The van der Waals surface area contributed by atoms with Crippen LogP contribution in [-0.4, -0.2) is 24.5 Å². The second-order valence-electron chi connectivity index (χ2n) is 3.14. The molecule has 0 spiro atoms. The van der Waals surface area contributed by atoms with E-state index in [2.05, 4.69) is 11.9 Å². The molecule has 1 aromatic carbocycles. The van der Waals surface area contributed by atoms with Gasteiger partial charge in [0.25, 0.3) is 11.6 Å². The zero-order valence-corrected chi connectivity index (χ0v) is 9.30. The number of nitro groups is 1. The van der Waals surface area contributed by atoms with Crippen LogP contribution in [0.5, 0.6) is 5.75 Å². The molecule has 1 amide bonds. The lowest BCUT2D eigenvalue weighted by Gasteiger charge is -2.07. The zero-order valence-electron chi connectivity index (χ0n) is 9.30. The summed E-state index contributed by atoms with van der Waals surface area (Å²) in [6, 6.07) is 3.85. The molecule has 1 N–H and O–H groups in total. The highest BCUT2D eigenvalue weighted by Crippen LogP contribution is 2.23. The summed E-state index contributed by atoms with van der Waals surface area (Å²) in [5, 5.41) is 13.1. The molecular formula is C11H12N2O4. The molecule has 6 heteroatoms. The number of carbonyl (C=O) groups excluding carboxylic acids is 1. The van der Waals surface area contributed by atoms with E-state index < -0.39 is 10.8 Å². The number of methoxy groups -OCH3 is 1. The maximum Gasteiger partial charge on any atom is 0.270 e. The van der Waals surface area contributed by atoms with Gasteiger partial charge in [0.15, 0.2) is 0 Å². The Morgan fingerprint density at radius 3 is 2.88 bits per heavy atom. The lowest BCUT2D eigenvalue weighted by molar-refractivity contribution is -0.384. The fraction of sp³-hybridized carbons (Fsp3) is 0.182. The van der Waals surface area contributed by atoms with Crippen LogP contribution < -0.4 is 10.1 Å². The van der Waals surface area contributed by atoms with Crippen molar-refractivity contribution >= 4 is 11.6 Å². The van der Waals surface area contributed by atoms with Gasteiger partial charge in [-0.25, -0.2) is 0 Å². The largest absolute Gasteiger partial charge is 0.496 e. The van der Waals surface area contributed by atoms with Gasteiger partial charge in [-0.2, -0.15) is 0 Å². The van der Waals surface area contributed by atoms with Crippen LogP contribution >= 0.6 is 0 Å². The lowest BCUT2D eigenvalue weighted by atomic mass is 10.1. The minimum absolute atomic E-state index is 0.128. The number of non-ortho nitro benzene ring substituents is 1. The number of hydrogen-bond donors (Lipinski definition) is 1. The highest BCUT2D eigenvalue weighted by atomic mass is 16.6. The van der Waals surface area contributed by atoms with Crippen molar-refractivity contribution in [3.8, 4) is 5.75 Å². The van der Waals surface area contributed by atoms with E-state index in [1.165, 1.54) is 31.4 Å². The van der Waals surface area contributed by atoms with Crippen LogP contribution in [0.3, 0.4) is 0 Å². The molecule has 1 aromatic rings. The van der Waals surface area contributed by atoms with Crippen LogP contribution in [0.15, 0.2) is 30.9 Å². The van der Waals surface area contributed by atoms with Crippen LogP contribution in [0.4, 0.5) is 5.69 Å². The predicted molar refractivity (Wildman–Crippen MR) is 62.2 cm³/mol. The highest BCUT2D eigenvalue weighted by molar-refractivity contribution is 5.97. The summed E-state index contributed by atoms with van der Waals surface area (Å²) in [6.45, 7) is 3.74. The Labute approximate surface area is 98.0 Å². The number of amides is 1. The van der Waals surface area contributed by atoms with Gasteiger partial charge < -0.3 is 10.1 Å². The molecule has 0 atom stereocenters. The second kappa shape index (κ2) is 5.64. The van der Waals surface area contributed by atoms with Gasteiger partial charge in [-0.05, 0) is 6.07 Å². The topological polar surface area (TPSA) is 81.5 Å². The van der Waals surface area contributed by atoms with E-state index in [0.29, 0.717) is 0 Å². The van der Waals surface area contributed by atoms with Gasteiger partial charge >= 0.3 is 0 Å². The minimum atomic E-state index is -0.566. The number of nitro benzene ring substituents is 1. The monoisotopic (exact) mass is 236 g/mol. The molecule has 1 rings (SSSR count). The summed E-state index contributed by atoms with van der Waals surface area (Å²) in [5.41, 5.74) is -0.0295. The highest BCUT2D eigenvalue weighted by Gasteiger charge is 2.16. The zero-order chi connectivity index (χ0) is 12.8. The van der Waals surface area contributed by atoms with Gasteiger partial charge in [0, 0.05) is 18.7 Å². The number of carbonyl (C=O) groups is 1. The van der Waals surface area contributed by atoms with E-state index in [0.717, 1.165) is 0 Å². The molecule has 0 saturated carbocycles. The summed E-state index contributed by atoms with van der Waals surface area (Å²) in [7, 11) is 1.39. The normalized spacial score (nSPS) is 9.47. The molecule has 0 saturated heterocycles. The molecule has 0 unspecified atom stereocenters. The van der Waals surface area contributed by atoms with Crippen LogP contribution in [-0.2, 0) is 0 Å². The predicted octanol–water partition coefficient (Wildman–Crippen LogP) is 1.52. The van der Waals surface area contributed by atoms with Crippen molar-refractivity contribution in [3.05, 3.63) is 46.5 Å². The molecule has 0 heterocycles. The Kier molecular flexibility index (Phi) is 4.21. The van der Waals surface area contributed by atoms with E-state index in [9.17, 15) is 14.9 Å². The standard InChI is InChI=1S/C11H12N2O4/c1-3-6-12-11(14)9-7-8(13(15)16)4-5-10(9)17-2/h3-5,7H,1,6H2,2H3,(H,12,14). The van der Waals surface area contributed by atoms with Crippen molar-refractivity contribution < 1.29 is 14.5 Å². The minimum Gasteiger partial charge on any atom is -0.496 e. The first kappa shape index (κ1) is 12.7. The molecule has 0 bridgehead atoms. The fourth-order valence-electron chi connectivity index (χ4n) is 1.25. The summed E-state index contributed by atoms with van der Waals surface area (Å²) in [4.78, 5) is 21.7. The van der Waals surface area contributed by atoms with E-state index in [-0.39, 0.29) is 23.5 Å². The third kappa shape index (κ3) is 3.04. The number of nitrogens with one attached hydrogen (secondary N) is 1. The molecule has 0 radical (unpaired) electrons. The molecule has 90 valence electrons. The maximum atomic E-state index is 11.7. The lowest BCUT2D eigenvalue weighted by Crippen LogP contribution is -2.23. The van der Waals surface area contributed by atoms with E-state index >= 15 is 0 Å². The first-order valence-electron chi connectivity index (χ1n) is 4.81. The van der Waals surface area contributed by atoms with Crippen molar-refractivity contribution in [3.63, 3.8) is 0 Å². The maximum absolute atomic E-state index is 11.7. The summed E-state index contributed by atoms with van der Waals surface area (Å²) >= 11 is 0. The quantitative estimate of drug-likeness (QED) is 0.477. The van der Waals surface area contributed by atoms with Gasteiger partial charge in [-0.15, -0.1) is 6.58 Å². The summed E-state index contributed by atoms with van der Waals surface area (Å²) in [5.74, 6) is -0.150. The second-order valence-corrected chi connectivity index (χ2v) is 3.14. The molecule has 0 fully saturated rings. The molecule has 0 aliphatic heterocycles. The smallest absolute Gasteiger partial charge is 0.270 e. The Morgan fingerprint density at radius 2 is 2.35 bits per heavy atom. The van der Waals surface area contributed by atoms with Gasteiger partial charge in [0.05, 0.1) is 17.6 Å². The summed E-state index contributed by atoms with van der Waals surface area (Å²) < 4.78 is 4.97. The van der Waals surface area contributed by atoms with Crippen molar-refractivity contribution in [2.45, 2.75) is 0 Å². The van der Waals surface area contributed by atoms with Crippen LogP contribution in [0.25, 0.3) is 0 Å². The summed E-state index contributed by atoms with van der Waals surface area (Å²) in [6.07, 6.45) is 1.52. The van der Waals surface area contributed by atoms with E-state index in [1.807, 2.05) is 0 Å². The molecule has 0 aliphatic rings. The van der Waals surface area contributed by atoms with Crippen LogP contribution in [0.2, 0.25) is 0 Å². The van der Waals surface area contributed by atoms with Crippen LogP contribution in [0.1, 0.15) is 10.4 Å². The molecular weight excluding hydrogens is 224 g/mol.